The number of nitrogens with zero attached hydrogens (tertiary/aromatic N) is 2. The molecule has 1 aromatic heterocycles. The van der Waals surface area contributed by atoms with Gasteiger partial charge >= 0.3 is 0 Å². The normalized spacial score (nSPS) is 21.1. The molecule has 162 valence electrons. The lowest BCUT2D eigenvalue weighted by atomic mass is 10.0. The van der Waals surface area contributed by atoms with Gasteiger partial charge in [0.25, 0.3) is 0 Å². The quantitative estimate of drug-likeness (QED) is 0.517. The molecular weight excluding hydrogens is 376 g/mol. The Hall–Kier alpha value is -2.31. The van der Waals surface area contributed by atoms with E-state index in [4.69, 9.17) is 14.1 Å². The van der Waals surface area contributed by atoms with Crippen LogP contribution in [0.4, 0.5) is 0 Å². The first-order chi connectivity index (χ1) is 14.8. The average Bonchev–Trinajstić information content (AvgIpc) is 3.48. The SMILES string of the molecule is c1ccc(CN2CCC(NC(=NCC3CCOC3)NCCc3ccco3)CC2)cc1. The molecule has 1 atom stereocenters. The third-order valence-electron chi connectivity index (χ3n) is 5.95. The minimum absolute atomic E-state index is 0.465. The molecule has 6 heteroatoms. The maximum absolute atomic E-state index is 5.50. The van der Waals surface area contributed by atoms with Crippen LogP contribution in [0.25, 0.3) is 0 Å². The molecule has 0 amide bonds. The second-order valence-corrected chi connectivity index (χ2v) is 8.36. The van der Waals surface area contributed by atoms with E-state index in [1.165, 1.54) is 5.56 Å². The van der Waals surface area contributed by atoms with Crippen LogP contribution in [-0.2, 0) is 17.7 Å². The van der Waals surface area contributed by atoms with E-state index in [9.17, 15) is 0 Å². The van der Waals surface area contributed by atoms with E-state index in [1.54, 1.807) is 6.26 Å². The van der Waals surface area contributed by atoms with Crippen LogP contribution in [0.15, 0.2) is 58.1 Å². The molecule has 0 spiro atoms. The molecule has 2 fully saturated rings. The molecule has 1 aromatic carbocycles. The van der Waals surface area contributed by atoms with E-state index >= 15 is 0 Å². The van der Waals surface area contributed by atoms with Gasteiger partial charge in [-0.3, -0.25) is 9.89 Å². The lowest BCUT2D eigenvalue weighted by Crippen LogP contribution is -2.49. The fourth-order valence-corrected chi connectivity index (χ4v) is 4.13. The highest BCUT2D eigenvalue weighted by molar-refractivity contribution is 5.80. The van der Waals surface area contributed by atoms with E-state index in [0.717, 1.165) is 83.3 Å². The van der Waals surface area contributed by atoms with Gasteiger partial charge in [-0.15, -0.1) is 0 Å². The molecule has 2 aliphatic heterocycles. The molecular formula is C24H34N4O2. The van der Waals surface area contributed by atoms with E-state index in [1.807, 2.05) is 12.1 Å². The molecule has 6 nitrogen and oxygen atoms in total. The second-order valence-electron chi connectivity index (χ2n) is 8.36. The van der Waals surface area contributed by atoms with E-state index < -0.39 is 0 Å². The minimum Gasteiger partial charge on any atom is -0.469 e. The summed E-state index contributed by atoms with van der Waals surface area (Å²) in [5.41, 5.74) is 1.39. The standard InChI is InChI=1S/C24H34N4O2/c1-2-5-20(6-3-1)18-28-13-9-22(10-14-28)27-24(26-17-21-11-16-29-19-21)25-12-8-23-7-4-15-30-23/h1-7,15,21-22H,8-14,16-19H2,(H2,25,26,27). The Bertz CT molecular complexity index is 749. The fourth-order valence-electron chi connectivity index (χ4n) is 4.13. The Morgan fingerprint density at radius 3 is 2.67 bits per heavy atom. The molecule has 2 aromatic rings. The molecule has 4 rings (SSSR count). The smallest absolute Gasteiger partial charge is 0.191 e. The highest BCUT2D eigenvalue weighted by Gasteiger charge is 2.21. The van der Waals surface area contributed by atoms with Gasteiger partial charge in [0.05, 0.1) is 12.9 Å². The van der Waals surface area contributed by atoms with Crippen molar-refractivity contribution in [2.45, 2.75) is 38.3 Å². The summed E-state index contributed by atoms with van der Waals surface area (Å²) in [5, 5.41) is 7.19. The molecule has 3 heterocycles. The molecule has 30 heavy (non-hydrogen) atoms. The van der Waals surface area contributed by atoms with E-state index in [2.05, 4.69) is 45.9 Å². The summed E-state index contributed by atoms with van der Waals surface area (Å²) in [7, 11) is 0. The van der Waals surface area contributed by atoms with E-state index in [-0.39, 0.29) is 0 Å². The summed E-state index contributed by atoms with van der Waals surface area (Å²) in [6.07, 6.45) is 5.97. The lowest BCUT2D eigenvalue weighted by molar-refractivity contribution is 0.187. The largest absolute Gasteiger partial charge is 0.469 e. The Morgan fingerprint density at radius 2 is 1.93 bits per heavy atom. The van der Waals surface area contributed by atoms with Crippen LogP contribution >= 0.6 is 0 Å². The Morgan fingerprint density at radius 1 is 1.07 bits per heavy atom. The first-order valence-electron chi connectivity index (χ1n) is 11.3. The van der Waals surface area contributed by atoms with Crippen molar-refractivity contribution in [3.63, 3.8) is 0 Å². The van der Waals surface area contributed by atoms with Crippen LogP contribution < -0.4 is 10.6 Å². The summed E-state index contributed by atoms with van der Waals surface area (Å²) in [4.78, 5) is 7.42. The zero-order valence-electron chi connectivity index (χ0n) is 17.8. The van der Waals surface area contributed by atoms with Crippen molar-refractivity contribution in [3.05, 3.63) is 60.1 Å². The summed E-state index contributed by atoms with van der Waals surface area (Å²) in [6.45, 7) is 6.61. The summed E-state index contributed by atoms with van der Waals surface area (Å²) < 4.78 is 10.9. The number of hydrogen-bond donors (Lipinski definition) is 2. The van der Waals surface area contributed by atoms with Gasteiger partial charge in [0.1, 0.15) is 5.76 Å². The van der Waals surface area contributed by atoms with Gasteiger partial charge in [0, 0.05) is 57.7 Å². The molecule has 0 saturated carbocycles. The van der Waals surface area contributed by atoms with Crippen LogP contribution in [0, 0.1) is 5.92 Å². The third-order valence-corrected chi connectivity index (χ3v) is 5.95. The van der Waals surface area contributed by atoms with Crippen molar-refractivity contribution in [2.24, 2.45) is 10.9 Å². The third kappa shape index (κ3) is 6.61. The minimum atomic E-state index is 0.465. The number of rotatable bonds is 8. The zero-order valence-corrected chi connectivity index (χ0v) is 17.8. The van der Waals surface area contributed by atoms with Gasteiger partial charge in [-0.25, -0.2) is 0 Å². The maximum atomic E-state index is 5.50. The first kappa shape index (κ1) is 20.9. The van der Waals surface area contributed by atoms with Gasteiger partial charge in [-0.05, 0) is 37.0 Å². The van der Waals surface area contributed by atoms with Gasteiger partial charge in [-0.2, -0.15) is 0 Å². The predicted molar refractivity (Wildman–Crippen MR) is 120 cm³/mol. The predicted octanol–water partition coefficient (Wildman–Crippen LogP) is 3.06. The van der Waals surface area contributed by atoms with Crippen molar-refractivity contribution >= 4 is 5.96 Å². The lowest BCUT2D eigenvalue weighted by Gasteiger charge is -2.33. The number of nitrogens with one attached hydrogen (secondary N) is 2. The molecule has 0 radical (unpaired) electrons. The molecule has 2 saturated heterocycles. The highest BCUT2D eigenvalue weighted by Crippen LogP contribution is 2.15. The number of piperidine rings is 1. The van der Waals surface area contributed by atoms with Crippen LogP contribution in [0.3, 0.4) is 0 Å². The molecule has 1 unspecified atom stereocenters. The van der Waals surface area contributed by atoms with Crippen LogP contribution in [0.2, 0.25) is 0 Å². The first-order valence-corrected chi connectivity index (χ1v) is 11.3. The average molecular weight is 411 g/mol. The molecule has 0 aliphatic carbocycles. The molecule has 0 bridgehead atoms. The van der Waals surface area contributed by atoms with Crippen LogP contribution in [0.1, 0.15) is 30.6 Å². The summed E-state index contributed by atoms with van der Waals surface area (Å²) in [5.74, 6) is 2.47. The van der Waals surface area contributed by atoms with Crippen molar-refractivity contribution < 1.29 is 9.15 Å². The van der Waals surface area contributed by atoms with Crippen molar-refractivity contribution in [2.75, 3.05) is 39.4 Å². The zero-order chi connectivity index (χ0) is 20.4. The van der Waals surface area contributed by atoms with Gasteiger partial charge in [-0.1, -0.05) is 30.3 Å². The number of furan rings is 1. The molecule has 2 aliphatic rings. The van der Waals surface area contributed by atoms with Crippen LogP contribution in [0.5, 0.6) is 0 Å². The van der Waals surface area contributed by atoms with E-state index in [0.29, 0.717) is 12.0 Å². The number of guanidine groups is 1. The number of aliphatic imine (C=N–C) groups is 1. The van der Waals surface area contributed by atoms with Gasteiger partial charge in [0.15, 0.2) is 5.96 Å². The maximum Gasteiger partial charge on any atom is 0.191 e. The van der Waals surface area contributed by atoms with Crippen molar-refractivity contribution in [3.8, 4) is 0 Å². The number of ether oxygens (including phenoxy) is 1. The van der Waals surface area contributed by atoms with Gasteiger partial charge < -0.3 is 19.8 Å². The number of benzene rings is 1. The second kappa shape index (κ2) is 11.2. The fraction of sp³-hybridized carbons (Fsp3) is 0.542. The topological polar surface area (TPSA) is 62.0 Å². The summed E-state index contributed by atoms with van der Waals surface area (Å²) >= 11 is 0. The Kier molecular flexibility index (Phi) is 7.81. The number of hydrogen-bond acceptors (Lipinski definition) is 4. The molecule has 2 N–H and O–H groups in total. The van der Waals surface area contributed by atoms with Crippen molar-refractivity contribution in [1.29, 1.82) is 0 Å². The monoisotopic (exact) mass is 410 g/mol. The number of likely N-dealkylation sites (tertiary alicyclic amines) is 1. The van der Waals surface area contributed by atoms with Crippen LogP contribution in [-0.4, -0.2) is 56.3 Å². The Balaban J connectivity index is 1.25. The summed E-state index contributed by atoms with van der Waals surface area (Å²) in [6, 6.07) is 15.2. The Labute approximate surface area is 179 Å². The van der Waals surface area contributed by atoms with Gasteiger partial charge in [0.2, 0.25) is 0 Å². The van der Waals surface area contributed by atoms with Crippen molar-refractivity contribution in [1.82, 2.24) is 15.5 Å². The highest BCUT2D eigenvalue weighted by atomic mass is 16.5.